The van der Waals surface area contributed by atoms with E-state index in [0.29, 0.717) is 41.7 Å². The molecule has 0 saturated carbocycles. The number of carbonyl (C=O) groups is 3. The number of ketones is 1. The van der Waals surface area contributed by atoms with E-state index in [1.807, 2.05) is 32.8 Å². The highest BCUT2D eigenvalue weighted by Crippen LogP contribution is 2.42. The van der Waals surface area contributed by atoms with Gasteiger partial charge in [0, 0.05) is 25.6 Å². The van der Waals surface area contributed by atoms with Crippen LogP contribution in [0.3, 0.4) is 0 Å². The highest BCUT2D eigenvalue weighted by Gasteiger charge is 2.46. The van der Waals surface area contributed by atoms with Gasteiger partial charge in [0.05, 0.1) is 25.3 Å². The molecule has 1 amide bonds. The smallest absolute Gasteiger partial charge is 0.308 e. The number of methoxy groups -OCH3 is 1. The monoisotopic (exact) mass is 510 g/mol. The number of benzene rings is 2. The van der Waals surface area contributed by atoms with E-state index in [4.69, 9.17) is 14.2 Å². The fraction of sp³-hybridized carbons (Fsp3) is 0.393. The molecule has 2 aromatic rings. The molecule has 3 rings (SSSR count). The molecule has 1 aliphatic heterocycles. The number of likely N-dealkylation sites (tertiary alicyclic amines) is 1. The maximum atomic E-state index is 13.3. The minimum atomic E-state index is -0.902. The molecule has 1 N–H and O–H groups in total. The molecule has 0 aromatic heterocycles. The number of likely N-dealkylation sites (N-methyl/N-ethyl adjacent to an activating group) is 1. The Hall–Kier alpha value is -3.85. The molecule has 0 bridgehead atoms. The summed E-state index contributed by atoms with van der Waals surface area (Å²) in [6, 6.07) is 10.7. The Bertz CT molecular complexity index is 1200. The molecular formula is C28H34N2O7. The fourth-order valence-electron chi connectivity index (χ4n) is 4.01. The van der Waals surface area contributed by atoms with Crippen LogP contribution < -0.4 is 14.2 Å². The van der Waals surface area contributed by atoms with Crippen LogP contribution in [0.1, 0.15) is 37.9 Å². The first-order valence-corrected chi connectivity index (χ1v) is 12.1. The van der Waals surface area contributed by atoms with Crippen molar-refractivity contribution in [1.82, 2.24) is 9.80 Å². The zero-order chi connectivity index (χ0) is 27.3. The molecule has 198 valence electrons. The first kappa shape index (κ1) is 27.7. The number of aliphatic hydroxyl groups is 1. The number of amides is 1. The maximum Gasteiger partial charge on any atom is 0.308 e. The third-order valence-corrected chi connectivity index (χ3v) is 5.78. The molecule has 9 nitrogen and oxygen atoms in total. The van der Waals surface area contributed by atoms with Crippen LogP contribution in [0.5, 0.6) is 17.2 Å². The van der Waals surface area contributed by atoms with Crippen molar-refractivity contribution in [2.75, 3.05) is 40.9 Å². The highest BCUT2D eigenvalue weighted by atomic mass is 16.6. The van der Waals surface area contributed by atoms with Crippen molar-refractivity contribution in [3.8, 4) is 17.2 Å². The Morgan fingerprint density at radius 1 is 1.11 bits per heavy atom. The number of rotatable bonds is 10. The molecule has 1 fully saturated rings. The molecule has 0 spiro atoms. The average molecular weight is 511 g/mol. The van der Waals surface area contributed by atoms with Crippen LogP contribution in [0, 0.1) is 5.92 Å². The van der Waals surface area contributed by atoms with Crippen LogP contribution in [0.4, 0.5) is 0 Å². The zero-order valence-electron chi connectivity index (χ0n) is 22.1. The van der Waals surface area contributed by atoms with Crippen molar-refractivity contribution in [2.24, 2.45) is 5.92 Å². The van der Waals surface area contributed by atoms with E-state index in [-0.39, 0.29) is 23.6 Å². The van der Waals surface area contributed by atoms with Gasteiger partial charge in [0.15, 0.2) is 11.5 Å². The Kier molecular flexibility index (Phi) is 8.94. The van der Waals surface area contributed by atoms with E-state index in [2.05, 4.69) is 0 Å². The van der Waals surface area contributed by atoms with Crippen LogP contribution in [0.2, 0.25) is 0 Å². The van der Waals surface area contributed by atoms with Crippen molar-refractivity contribution >= 4 is 23.4 Å². The summed E-state index contributed by atoms with van der Waals surface area (Å²) in [4.78, 5) is 41.4. The molecule has 9 heteroatoms. The van der Waals surface area contributed by atoms with Crippen molar-refractivity contribution in [1.29, 1.82) is 0 Å². The SMILES string of the molecule is COc1ccc(C2/C(=C(/O)c3cccc(OCC(C)C)c3)C(=O)C(=O)N2CCN(C)C)cc1OC(C)=O. The minimum absolute atomic E-state index is 0.0521. The Morgan fingerprint density at radius 3 is 2.46 bits per heavy atom. The van der Waals surface area contributed by atoms with Gasteiger partial charge in [-0.3, -0.25) is 14.4 Å². The van der Waals surface area contributed by atoms with E-state index in [1.54, 1.807) is 42.5 Å². The normalized spacial score (nSPS) is 17.0. The van der Waals surface area contributed by atoms with Crippen LogP contribution in [0.15, 0.2) is 48.0 Å². The van der Waals surface area contributed by atoms with Crippen LogP contribution in [-0.2, 0) is 14.4 Å². The second-order valence-electron chi connectivity index (χ2n) is 9.53. The molecule has 1 aliphatic rings. The summed E-state index contributed by atoms with van der Waals surface area (Å²) in [5.74, 6) is -1.05. The van der Waals surface area contributed by atoms with Crippen LogP contribution in [0.25, 0.3) is 5.76 Å². The van der Waals surface area contributed by atoms with Gasteiger partial charge in [-0.2, -0.15) is 0 Å². The van der Waals surface area contributed by atoms with Crippen molar-refractivity contribution < 1.29 is 33.7 Å². The molecular weight excluding hydrogens is 476 g/mol. The Labute approximate surface area is 217 Å². The fourth-order valence-corrected chi connectivity index (χ4v) is 4.01. The maximum absolute atomic E-state index is 13.3. The summed E-state index contributed by atoms with van der Waals surface area (Å²) in [5.41, 5.74) is 0.790. The summed E-state index contributed by atoms with van der Waals surface area (Å²) in [5, 5.41) is 11.4. The Balaban J connectivity index is 2.15. The van der Waals surface area contributed by atoms with Crippen molar-refractivity contribution in [2.45, 2.75) is 26.8 Å². The first-order valence-electron chi connectivity index (χ1n) is 12.1. The lowest BCUT2D eigenvalue weighted by atomic mass is 9.95. The topological polar surface area (TPSA) is 106 Å². The van der Waals surface area contributed by atoms with E-state index in [1.165, 1.54) is 18.9 Å². The van der Waals surface area contributed by atoms with Gasteiger partial charge in [0.1, 0.15) is 11.5 Å². The average Bonchev–Trinajstić information content (AvgIpc) is 3.10. The van der Waals surface area contributed by atoms with Gasteiger partial charge >= 0.3 is 5.97 Å². The number of aliphatic hydroxyl groups excluding tert-OH is 1. The lowest BCUT2D eigenvalue weighted by Gasteiger charge is -2.27. The summed E-state index contributed by atoms with van der Waals surface area (Å²) < 4.78 is 16.4. The summed E-state index contributed by atoms with van der Waals surface area (Å²) in [6.07, 6.45) is 0. The molecule has 0 aliphatic carbocycles. The van der Waals surface area contributed by atoms with Crippen LogP contribution >= 0.6 is 0 Å². The minimum Gasteiger partial charge on any atom is -0.507 e. The number of carbonyl (C=O) groups excluding carboxylic acids is 3. The third kappa shape index (κ3) is 6.48. The number of hydrogen-bond donors (Lipinski definition) is 1. The number of hydrogen-bond acceptors (Lipinski definition) is 8. The van der Waals surface area contributed by atoms with E-state index < -0.39 is 23.7 Å². The lowest BCUT2D eigenvalue weighted by Crippen LogP contribution is -2.35. The van der Waals surface area contributed by atoms with Gasteiger partial charge in [0.2, 0.25) is 0 Å². The number of esters is 1. The van der Waals surface area contributed by atoms with E-state index >= 15 is 0 Å². The standard InChI is InChI=1S/C28H34N2O7/c1-17(2)16-36-21-9-7-8-20(14-21)26(32)24-25(30(13-12-29(4)5)28(34)27(24)33)19-10-11-22(35-6)23(15-19)37-18(3)31/h7-11,14-15,17,25,32H,12-13,16H2,1-6H3/b26-24-. The molecule has 1 saturated heterocycles. The predicted molar refractivity (Wildman–Crippen MR) is 139 cm³/mol. The number of Topliss-reactive ketones (excluding diaryl/α,β-unsaturated/α-hetero) is 1. The van der Waals surface area contributed by atoms with Crippen LogP contribution in [-0.4, -0.2) is 73.5 Å². The predicted octanol–water partition coefficient (Wildman–Crippen LogP) is 3.64. The number of ether oxygens (including phenoxy) is 3. The zero-order valence-corrected chi connectivity index (χ0v) is 22.1. The quantitative estimate of drug-likeness (QED) is 0.170. The largest absolute Gasteiger partial charge is 0.507 e. The van der Waals surface area contributed by atoms with Gasteiger partial charge in [-0.1, -0.05) is 32.0 Å². The van der Waals surface area contributed by atoms with Gasteiger partial charge < -0.3 is 29.1 Å². The lowest BCUT2D eigenvalue weighted by molar-refractivity contribution is -0.140. The molecule has 0 radical (unpaired) electrons. The van der Waals surface area contributed by atoms with Crippen molar-refractivity contribution in [3.05, 3.63) is 59.2 Å². The van der Waals surface area contributed by atoms with Gasteiger partial charge in [-0.05, 0) is 49.8 Å². The summed E-state index contributed by atoms with van der Waals surface area (Å²) >= 11 is 0. The van der Waals surface area contributed by atoms with E-state index in [0.717, 1.165) is 0 Å². The van der Waals surface area contributed by atoms with Gasteiger partial charge in [-0.25, -0.2) is 0 Å². The highest BCUT2D eigenvalue weighted by molar-refractivity contribution is 6.46. The third-order valence-electron chi connectivity index (χ3n) is 5.78. The van der Waals surface area contributed by atoms with E-state index in [9.17, 15) is 19.5 Å². The molecule has 2 aromatic carbocycles. The van der Waals surface area contributed by atoms with Crippen molar-refractivity contribution in [3.63, 3.8) is 0 Å². The molecule has 1 atom stereocenters. The second-order valence-corrected chi connectivity index (χ2v) is 9.53. The summed E-state index contributed by atoms with van der Waals surface area (Å²) in [7, 11) is 5.17. The molecule has 1 unspecified atom stereocenters. The summed E-state index contributed by atoms with van der Waals surface area (Å²) in [6.45, 7) is 6.55. The Morgan fingerprint density at radius 2 is 1.84 bits per heavy atom. The van der Waals surface area contributed by atoms with Gasteiger partial charge in [-0.15, -0.1) is 0 Å². The number of nitrogens with zero attached hydrogens (tertiary/aromatic N) is 2. The van der Waals surface area contributed by atoms with Gasteiger partial charge in [0.25, 0.3) is 11.7 Å². The molecule has 1 heterocycles. The first-order chi connectivity index (χ1) is 17.5. The second kappa shape index (κ2) is 11.9. The molecule has 37 heavy (non-hydrogen) atoms.